The molecule has 2 saturated heterocycles. The first-order valence-electron chi connectivity index (χ1n) is 11.1. The van der Waals surface area contributed by atoms with Gasteiger partial charge in [0, 0.05) is 36.5 Å². The highest BCUT2D eigenvalue weighted by molar-refractivity contribution is 7.17. The molecule has 1 aliphatic carbocycles. The molecule has 3 heterocycles. The number of hydrogen-bond donors (Lipinski definition) is 0. The number of carbonyl (C=O) groups excluding carboxylic acids is 2. The number of carbonyl (C=O) groups is 2. The van der Waals surface area contributed by atoms with E-state index in [0.29, 0.717) is 17.1 Å². The summed E-state index contributed by atoms with van der Waals surface area (Å²) in [6.45, 7) is 6.41. The average Bonchev–Trinajstić information content (AvgIpc) is 3.16. The highest BCUT2D eigenvalue weighted by Crippen LogP contribution is 2.53. The number of aryl methyl sites for hydroxylation is 1. The van der Waals surface area contributed by atoms with Crippen LogP contribution in [0.1, 0.15) is 61.3 Å². The lowest BCUT2D eigenvalue weighted by atomic mass is 9.71. The lowest BCUT2D eigenvalue weighted by molar-refractivity contribution is -0.132. The van der Waals surface area contributed by atoms with Gasteiger partial charge in [0.25, 0.3) is 5.91 Å². The predicted molar refractivity (Wildman–Crippen MR) is 118 cm³/mol. The second kappa shape index (κ2) is 7.40. The molecule has 2 amide bonds. The Morgan fingerprint density at radius 3 is 2.52 bits per heavy atom. The fraction of sp³-hybridized carbons (Fsp3) is 0.542. The van der Waals surface area contributed by atoms with Crippen molar-refractivity contribution in [2.24, 2.45) is 5.41 Å². The quantitative estimate of drug-likeness (QED) is 0.682. The van der Waals surface area contributed by atoms with Gasteiger partial charge in [-0.05, 0) is 50.5 Å². The molecule has 0 spiro atoms. The Morgan fingerprint density at radius 1 is 1.16 bits per heavy atom. The van der Waals surface area contributed by atoms with Crippen molar-refractivity contribution in [2.75, 3.05) is 6.54 Å². The van der Waals surface area contributed by atoms with Gasteiger partial charge < -0.3 is 9.80 Å². The number of aromatic nitrogens is 1. The normalized spacial score (nSPS) is 29.7. The summed E-state index contributed by atoms with van der Waals surface area (Å²) in [5.74, 6) is -0.139. The van der Waals surface area contributed by atoms with Gasteiger partial charge in [0.1, 0.15) is 15.7 Å². The highest BCUT2D eigenvalue weighted by atomic mass is 32.1. The van der Waals surface area contributed by atoms with Crippen molar-refractivity contribution in [3.05, 3.63) is 40.7 Å². The van der Waals surface area contributed by atoms with Crippen LogP contribution in [0.4, 0.5) is 4.39 Å². The van der Waals surface area contributed by atoms with Gasteiger partial charge in [-0.15, -0.1) is 11.3 Å². The maximum atomic E-state index is 13.8. The Hall–Kier alpha value is -2.28. The lowest BCUT2D eigenvalue weighted by Crippen LogP contribution is -2.55. The Balaban J connectivity index is 1.50. The number of fused-ring (bicyclic) bond motifs is 1. The van der Waals surface area contributed by atoms with Crippen molar-refractivity contribution >= 4 is 23.2 Å². The number of hydrogen-bond acceptors (Lipinski definition) is 4. The van der Waals surface area contributed by atoms with Crippen molar-refractivity contribution in [3.8, 4) is 10.6 Å². The number of piperidine rings is 1. The van der Waals surface area contributed by atoms with E-state index in [0.717, 1.165) is 42.7 Å². The van der Waals surface area contributed by atoms with Crippen LogP contribution in [-0.4, -0.2) is 51.3 Å². The smallest absolute Gasteiger partial charge is 0.266 e. The first-order chi connectivity index (χ1) is 14.8. The fourth-order valence-electron chi connectivity index (χ4n) is 6.31. The molecule has 164 valence electrons. The van der Waals surface area contributed by atoms with Crippen molar-refractivity contribution in [2.45, 2.75) is 71.0 Å². The van der Waals surface area contributed by atoms with Crippen LogP contribution in [0, 0.1) is 18.2 Å². The zero-order chi connectivity index (χ0) is 21.9. The molecule has 3 aliphatic rings. The molecule has 0 N–H and O–H groups in total. The van der Waals surface area contributed by atoms with Crippen LogP contribution in [0.15, 0.2) is 24.3 Å². The summed E-state index contributed by atoms with van der Waals surface area (Å²) in [5.41, 5.74) is 1.47. The van der Waals surface area contributed by atoms with Crippen molar-refractivity contribution in [3.63, 3.8) is 0 Å². The van der Waals surface area contributed by atoms with Crippen molar-refractivity contribution < 1.29 is 14.0 Å². The molecule has 3 fully saturated rings. The van der Waals surface area contributed by atoms with E-state index in [2.05, 4.69) is 16.8 Å². The van der Waals surface area contributed by atoms with E-state index in [1.807, 2.05) is 11.8 Å². The molecule has 7 heteroatoms. The largest absolute Gasteiger partial charge is 0.335 e. The molecule has 1 aromatic heterocycles. The minimum atomic E-state index is -0.289. The molecule has 5 rings (SSSR count). The second-order valence-electron chi connectivity index (χ2n) is 9.50. The third-order valence-corrected chi connectivity index (χ3v) is 8.82. The van der Waals surface area contributed by atoms with Gasteiger partial charge in [-0.1, -0.05) is 19.8 Å². The standard InChI is InChI=1S/C24H28FN3O2S/c1-14-21(31-22(26-14)16-8-10-17(25)11-9-16)23(30)27-13-18-12-24(3)19(27)6-4-5-7-20(24)28(18)15(2)29/h8-11,18-20H,4-7,12-13H2,1-3H3/t18-,19+,20-,24+/m0/s1. The zero-order valence-electron chi connectivity index (χ0n) is 18.2. The molecule has 2 aliphatic heterocycles. The molecule has 1 aromatic carbocycles. The molecule has 4 atom stereocenters. The first kappa shape index (κ1) is 20.6. The molecule has 1 saturated carbocycles. The highest BCUT2D eigenvalue weighted by Gasteiger charge is 2.60. The number of likely N-dealkylation sites (tertiary alicyclic amines) is 2. The average molecular weight is 442 g/mol. The van der Waals surface area contributed by atoms with Gasteiger partial charge in [-0.25, -0.2) is 9.37 Å². The van der Waals surface area contributed by atoms with E-state index < -0.39 is 0 Å². The molecule has 0 radical (unpaired) electrons. The van der Waals surface area contributed by atoms with Gasteiger partial charge in [-0.2, -0.15) is 0 Å². The monoisotopic (exact) mass is 441 g/mol. The van der Waals surface area contributed by atoms with Crippen LogP contribution in [0.3, 0.4) is 0 Å². The number of rotatable bonds is 2. The summed E-state index contributed by atoms with van der Waals surface area (Å²) in [4.78, 5) is 35.7. The third-order valence-electron chi connectivity index (χ3n) is 7.62. The predicted octanol–water partition coefficient (Wildman–Crippen LogP) is 4.65. The lowest BCUT2D eigenvalue weighted by Gasteiger charge is -2.46. The van der Waals surface area contributed by atoms with Crippen LogP contribution in [-0.2, 0) is 4.79 Å². The number of nitrogens with zero attached hydrogens (tertiary/aromatic N) is 3. The van der Waals surface area contributed by atoms with Crippen molar-refractivity contribution in [1.29, 1.82) is 0 Å². The van der Waals surface area contributed by atoms with E-state index in [1.54, 1.807) is 19.1 Å². The molecule has 5 nitrogen and oxygen atoms in total. The molecule has 2 aromatic rings. The first-order valence-corrected chi connectivity index (χ1v) is 11.9. The van der Waals surface area contributed by atoms with Crippen LogP contribution in [0.2, 0.25) is 0 Å². The van der Waals surface area contributed by atoms with Crippen LogP contribution < -0.4 is 0 Å². The Morgan fingerprint density at radius 2 is 1.84 bits per heavy atom. The number of amides is 2. The third kappa shape index (κ3) is 3.20. The molecule has 2 bridgehead atoms. The molecule has 0 unspecified atom stereocenters. The van der Waals surface area contributed by atoms with Gasteiger partial charge >= 0.3 is 0 Å². The zero-order valence-corrected chi connectivity index (χ0v) is 19.0. The molecular weight excluding hydrogens is 413 g/mol. The van der Waals surface area contributed by atoms with E-state index in [9.17, 15) is 14.0 Å². The number of thiazole rings is 1. The van der Waals surface area contributed by atoms with E-state index in [4.69, 9.17) is 0 Å². The van der Waals surface area contributed by atoms with Crippen molar-refractivity contribution in [1.82, 2.24) is 14.8 Å². The second-order valence-corrected chi connectivity index (χ2v) is 10.5. The van der Waals surface area contributed by atoms with E-state index in [-0.39, 0.29) is 41.2 Å². The maximum absolute atomic E-state index is 13.8. The van der Waals surface area contributed by atoms with Gasteiger partial charge in [0.15, 0.2) is 0 Å². The van der Waals surface area contributed by atoms with Gasteiger partial charge in [-0.3, -0.25) is 9.59 Å². The Labute approximate surface area is 186 Å². The minimum absolute atomic E-state index is 0.0235. The summed E-state index contributed by atoms with van der Waals surface area (Å²) in [7, 11) is 0. The summed E-state index contributed by atoms with van der Waals surface area (Å²) in [6.07, 6.45) is 5.18. The van der Waals surface area contributed by atoms with E-state index >= 15 is 0 Å². The number of benzene rings is 1. The Kier molecular flexibility index (Phi) is 4.92. The minimum Gasteiger partial charge on any atom is -0.335 e. The SMILES string of the molecule is CC(=O)N1[C@@H]2CN(C(=O)c3sc(-c4ccc(F)cc4)nc3C)[C@@H]3CCCC[C@H]1[C@]3(C)C2. The van der Waals surface area contributed by atoms with Gasteiger partial charge in [0.05, 0.1) is 11.7 Å². The fourth-order valence-corrected chi connectivity index (χ4v) is 7.33. The Bertz CT molecular complexity index is 1040. The molecular formula is C24H28FN3O2S. The molecule has 31 heavy (non-hydrogen) atoms. The maximum Gasteiger partial charge on any atom is 0.266 e. The van der Waals surface area contributed by atoms with Crippen LogP contribution in [0.25, 0.3) is 10.6 Å². The van der Waals surface area contributed by atoms with E-state index in [1.165, 1.54) is 23.5 Å². The summed E-state index contributed by atoms with van der Waals surface area (Å²) >= 11 is 1.38. The topological polar surface area (TPSA) is 53.5 Å². The van der Waals surface area contributed by atoms with Crippen LogP contribution >= 0.6 is 11.3 Å². The number of halogens is 1. The van der Waals surface area contributed by atoms with Crippen LogP contribution in [0.5, 0.6) is 0 Å². The summed E-state index contributed by atoms with van der Waals surface area (Å²) in [5, 5.41) is 0.733. The summed E-state index contributed by atoms with van der Waals surface area (Å²) < 4.78 is 13.3. The van der Waals surface area contributed by atoms with Gasteiger partial charge in [0.2, 0.25) is 5.91 Å². The summed E-state index contributed by atoms with van der Waals surface area (Å²) in [6, 6.07) is 6.68.